The number of rotatable bonds is 6. The quantitative estimate of drug-likeness (QED) is 0.172. The van der Waals surface area contributed by atoms with Crippen LogP contribution in [0.1, 0.15) is 63.3 Å². The second kappa shape index (κ2) is 16.8. The van der Waals surface area contributed by atoms with Crippen LogP contribution in [0, 0.1) is 25.7 Å². The van der Waals surface area contributed by atoms with Gasteiger partial charge in [0.25, 0.3) is 0 Å². The van der Waals surface area contributed by atoms with Crippen LogP contribution >= 0.6 is 0 Å². The summed E-state index contributed by atoms with van der Waals surface area (Å²) in [5.74, 6) is 2.73. The second-order valence-electron chi connectivity index (χ2n) is 15.2. The third-order valence-corrected chi connectivity index (χ3v) is 10.6. The van der Waals surface area contributed by atoms with Crippen molar-refractivity contribution in [3.05, 3.63) is 96.1 Å². The van der Waals surface area contributed by atoms with E-state index in [1.165, 1.54) is 0 Å². The molecule has 4 aromatic heterocycles. The van der Waals surface area contributed by atoms with Crippen LogP contribution in [0.25, 0.3) is 44.3 Å². The minimum atomic E-state index is -0.0312. The average molecular weight is 751 g/mol. The lowest BCUT2D eigenvalue weighted by molar-refractivity contribution is 0.220. The topological polar surface area (TPSA) is 142 Å². The monoisotopic (exact) mass is 750 g/mol. The van der Waals surface area contributed by atoms with E-state index in [0.29, 0.717) is 23.1 Å². The lowest BCUT2D eigenvalue weighted by Crippen LogP contribution is -2.32. The molecule has 4 amide bonds. The van der Waals surface area contributed by atoms with Crippen molar-refractivity contribution in [3.63, 3.8) is 0 Å². The predicted octanol–water partition coefficient (Wildman–Crippen LogP) is 8.87. The molecule has 2 aromatic carbocycles. The molecule has 0 radical (unpaired) electrons. The summed E-state index contributed by atoms with van der Waals surface area (Å²) in [6.07, 6.45) is 11.0. The number of fused-ring (bicyclic) bond motifs is 2. The number of hydrogen-bond acceptors (Lipinski definition) is 8. The fourth-order valence-electron chi connectivity index (χ4n) is 7.22. The lowest BCUT2D eigenvalue weighted by atomic mass is 10.0. The fourth-order valence-corrected chi connectivity index (χ4v) is 7.22. The molecular formula is C44H50N10O2. The Morgan fingerprint density at radius 1 is 0.625 bits per heavy atom. The minimum Gasteiger partial charge on any atom is -0.324 e. The molecule has 6 aromatic rings. The van der Waals surface area contributed by atoms with Gasteiger partial charge in [0.05, 0.1) is 0 Å². The zero-order valence-electron chi connectivity index (χ0n) is 33.1. The fraction of sp³-hybridized carbons (Fsp3) is 0.364. The predicted molar refractivity (Wildman–Crippen MR) is 223 cm³/mol. The summed E-state index contributed by atoms with van der Waals surface area (Å²) in [6, 6.07) is 16.0. The van der Waals surface area contributed by atoms with Gasteiger partial charge in [-0.3, -0.25) is 0 Å². The van der Waals surface area contributed by atoms with E-state index in [-0.39, 0.29) is 12.1 Å². The number of carbonyl (C=O) groups is 2. The highest BCUT2D eigenvalue weighted by atomic mass is 16.2. The Hall–Kier alpha value is -6.04. The third kappa shape index (κ3) is 8.75. The summed E-state index contributed by atoms with van der Waals surface area (Å²) in [4.78, 5) is 55.5. The first-order chi connectivity index (χ1) is 27.1. The SMILES string of the molecule is CCc1ncc2cc(-c3cc(NC(=O)N4CCC(C)C4)ccc3C)cnc2n1.CCc1ncc2cc(-c3cc(NC(=O)N4CCC(C)C4)ccc3C)cnc2n1. The maximum Gasteiger partial charge on any atom is 0.321 e. The molecule has 0 bridgehead atoms. The number of pyridine rings is 2. The van der Waals surface area contributed by atoms with E-state index < -0.39 is 0 Å². The van der Waals surface area contributed by atoms with Crippen LogP contribution in [-0.2, 0) is 12.8 Å². The molecule has 8 rings (SSSR count). The van der Waals surface area contributed by atoms with E-state index >= 15 is 0 Å². The highest BCUT2D eigenvalue weighted by molar-refractivity contribution is 5.92. The van der Waals surface area contributed by atoms with Crippen LogP contribution in [0.4, 0.5) is 21.0 Å². The van der Waals surface area contributed by atoms with Crippen LogP contribution in [0.15, 0.2) is 73.3 Å². The maximum absolute atomic E-state index is 12.5. The zero-order valence-corrected chi connectivity index (χ0v) is 33.1. The van der Waals surface area contributed by atoms with E-state index in [0.717, 1.165) is 119 Å². The van der Waals surface area contributed by atoms with E-state index in [1.54, 1.807) is 0 Å². The third-order valence-electron chi connectivity index (χ3n) is 10.6. The van der Waals surface area contributed by atoms with Crippen LogP contribution in [-0.4, -0.2) is 77.9 Å². The van der Waals surface area contributed by atoms with Crippen molar-refractivity contribution in [2.24, 2.45) is 11.8 Å². The summed E-state index contributed by atoms with van der Waals surface area (Å²) >= 11 is 0. The van der Waals surface area contributed by atoms with E-state index in [1.807, 2.05) is 84.8 Å². The first-order valence-corrected chi connectivity index (χ1v) is 19.6. The number of aryl methyl sites for hydroxylation is 4. The van der Waals surface area contributed by atoms with Crippen molar-refractivity contribution in [1.82, 2.24) is 39.7 Å². The van der Waals surface area contributed by atoms with Gasteiger partial charge in [-0.15, -0.1) is 0 Å². The first-order valence-electron chi connectivity index (χ1n) is 19.6. The largest absolute Gasteiger partial charge is 0.324 e. The van der Waals surface area contributed by atoms with Crippen LogP contribution in [0.2, 0.25) is 0 Å². The number of amides is 4. The summed E-state index contributed by atoms with van der Waals surface area (Å²) in [5.41, 5.74) is 9.32. The number of anilines is 2. The summed E-state index contributed by atoms with van der Waals surface area (Å²) in [6.45, 7) is 15.8. The summed E-state index contributed by atoms with van der Waals surface area (Å²) in [5, 5.41) is 7.90. The molecule has 0 aliphatic carbocycles. The first kappa shape index (κ1) is 38.2. The van der Waals surface area contributed by atoms with Gasteiger partial charge in [0.15, 0.2) is 11.3 Å². The molecule has 56 heavy (non-hydrogen) atoms. The number of carbonyl (C=O) groups excluding carboxylic acids is 2. The molecule has 2 atom stereocenters. The van der Waals surface area contributed by atoms with Gasteiger partial charge < -0.3 is 20.4 Å². The van der Waals surface area contributed by atoms with Gasteiger partial charge in [-0.05, 0) is 97.2 Å². The van der Waals surface area contributed by atoms with Crippen LogP contribution < -0.4 is 10.6 Å². The smallest absolute Gasteiger partial charge is 0.321 e. The Labute approximate surface area is 328 Å². The molecule has 12 heteroatoms. The highest BCUT2D eigenvalue weighted by Gasteiger charge is 2.24. The molecular weight excluding hydrogens is 701 g/mol. The Bertz CT molecular complexity index is 2230. The Kier molecular flexibility index (Phi) is 11.4. The molecule has 2 N–H and O–H groups in total. The average Bonchev–Trinajstić information content (AvgIpc) is 3.87. The summed E-state index contributed by atoms with van der Waals surface area (Å²) in [7, 11) is 0. The minimum absolute atomic E-state index is 0.0312. The van der Waals surface area contributed by atoms with Gasteiger partial charge in [0.2, 0.25) is 0 Å². The molecule has 288 valence electrons. The van der Waals surface area contributed by atoms with Crippen molar-refractivity contribution in [2.75, 3.05) is 36.8 Å². The Morgan fingerprint density at radius 3 is 1.43 bits per heavy atom. The van der Waals surface area contributed by atoms with Crippen LogP contribution in [0.5, 0.6) is 0 Å². The van der Waals surface area contributed by atoms with Crippen molar-refractivity contribution in [2.45, 2.75) is 67.2 Å². The molecule has 0 spiro atoms. The molecule has 2 unspecified atom stereocenters. The normalized spacial score (nSPS) is 16.5. The van der Waals surface area contributed by atoms with Crippen molar-refractivity contribution < 1.29 is 9.59 Å². The summed E-state index contributed by atoms with van der Waals surface area (Å²) < 4.78 is 0. The number of hydrogen-bond donors (Lipinski definition) is 2. The number of nitrogens with one attached hydrogen (secondary N) is 2. The van der Waals surface area contributed by atoms with Gasteiger partial charge in [-0.2, -0.15) is 0 Å². The second-order valence-corrected chi connectivity index (χ2v) is 15.2. The molecule has 2 saturated heterocycles. The van der Waals surface area contributed by atoms with Crippen molar-refractivity contribution in [3.8, 4) is 22.3 Å². The van der Waals surface area contributed by atoms with Gasteiger partial charge in [-0.25, -0.2) is 39.5 Å². The Morgan fingerprint density at radius 2 is 1.05 bits per heavy atom. The number of likely N-dealkylation sites (tertiary alicyclic amines) is 2. The van der Waals surface area contributed by atoms with Crippen molar-refractivity contribution in [1.29, 1.82) is 0 Å². The van der Waals surface area contributed by atoms with Gasteiger partial charge in [-0.1, -0.05) is 39.8 Å². The molecule has 2 aliphatic rings. The van der Waals surface area contributed by atoms with E-state index in [4.69, 9.17) is 0 Å². The Balaban J connectivity index is 0.000000172. The molecule has 12 nitrogen and oxygen atoms in total. The highest BCUT2D eigenvalue weighted by Crippen LogP contribution is 2.30. The van der Waals surface area contributed by atoms with E-state index in [2.05, 4.69) is 80.4 Å². The molecule has 0 saturated carbocycles. The zero-order chi connectivity index (χ0) is 39.3. The molecule has 6 heterocycles. The van der Waals surface area contributed by atoms with E-state index in [9.17, 15) is 9.59 Å². The number of nitrogens with zero attached hydrogens (tertiary/aromatic N) is 8. The standard InChI is InChI=1S/2C22H25N5O/c2*1-4-20-23-12-17-9-16(11-24-21(17)26-20)19-10-18(6-5-15(19)3)25-22(28)27-8-7-14(2)13-27/h2*5-6,9-12,14H,4,7-8,13H2,1-3H3,(H,25,28). The van der Waals surface area contributed by atoms with Gasteiger partial charge in [0, 0.05) is 97.1 Å². The van der Waals surface area contributed by atoms with Crippen LogP contribution in [0.3, 0.4) is 0 Å². The molecule has 2 aliphatic heterocycles. The van der Waals surface area contributed by atoms with Crippen molar-refractivity contribution >= 4 is 45.5 Å². The maximum atomic E-state index is 12.5. The van der Waals surface area contributed by atoms with Gasteiger partial charge in [0.1, 0.15) is 11.6 Å². The number of aromatic nitrogens is 6. The lowest BCUT2D eigenvalue weighted by Gasteiger charge is -2.17. The molecule has 2 fully saturated rings. The number of urea groups is 2. The van der Waals surface area contributed by atoms with Gasteiger partial charge >= 0.3 is 12.1 Å². The number of benzene rings is 2.